The third kappa shape index (κ3) is 2.53. The smallest absolute Gasteiger partial charge is 0.148 e. The quantitative estimate of drug-likeness (QED) is 0.940. The van der Waals surface area contributed by atoms with Gasteiger partial charge in [-0.1, -0.05) is 0 Å². The molecule has 5 nitrogen and oxygen atoms in total. The Bertz CT molecular complexity index is 595. The number of hydrogen-bond acceptors (Lipinski definition) is 7. The lowest BCUT2D eigenvalue weighted by Gasteiger charge is -2.17. The van der Waals surface area contributed by atoms with Gasteiger partial charge in [0.1, 0.15) is 10.8 Å². The lowest BCUT2D eigenvalue weighted by atomic mass is 10.1. The first-order valence-corrected chi connectivity index (χ1v) is 8.26. The van der Waals surface area contributed by atoms with E-state index in [1.165, 1.54) is 11.5 Å². The van der Waals surface area contributed by atoms with Crippen LogP contribution in [-0.4, -0.2) is 36.2 Å². The summed E-state index contributed by atoms with van der Waals surface area (Å²) in [7, 11) is 1.76. The fraction of sp³-hybridized carbons (Fsp3) is 0.538. The molecule has 20 heavy (non-hydrogen) atoms. The van der Waals surface area contributed by atoms with Crippen LogP contribution < -0.4 is 10.6 Å². The average molecular weight is 310 g/mol. The van der Waals surface area contributed by atoms with E-state index in [4.69, 9.17) is 10.5 Å². The monoisotopic (exact) mass is 310 g/mol. The van der Waals surface area contributed by atoms with E-state index in [2.05, 4.69) is 19.6 Å². The normalized spacial score (nSPS) is 18.9. The first-order valence-electron chi connectivity index (χ1n) is 6.60. The van der Waals surface area contributed by atoms with E-state index >= 15 is 0 Å². The van der Waals surface area contributed by atoms with Crippen LogP contribution in [0.4, 0.5) is 10.8 Å². The van der Waals surface area contributed by atoms with Crippen molar-refractivity contribution in [2.75, 3.05) is 37.4 Å². The van der Waals surface area contributed by atoms with Gasteiger partial charge in [0, 0.05) is 31.5 Å². The average Bonchev–Trinajstić information content (AvgIpc) is 3.10. The van der Waals surface area contributed by atoms with Gasteiger partial charge in [0.05, 0.1) is 22.9 Å². The molecular formula is C13H18N4OS2. The van der Waals surface area contributed by atoms with Gasteiger partial charge in [-0.05, 0) is 24.9 Å². The summed E-state index contributed by atoms with van der Waals surface area (Å²) in [5.41, 5.74) is 8.00. The molecule has 0 radical (unpaired) electrons. The molecule has 1 unspecified atom stereocenters. The van der Waals surface area contributed by atoms with Crippen molar-refractivity contribution in [2.24, 2.45) is 5.92 Å². The van der Waals surface area contributed by atoms with Crippen molar-refractivity contribution in [3.63, 3.8) is 0 Å². The molecule has 2 aromatic rings. The Morgan fingerprint density at radius 2 is 2.40 bits per heavy atom. The molecule has 1 aliphatic rings. The van der Waals surface area contributed by atoms with E-state index in [9.17, 15) is 0 Å². The molecule has 0 bridgehead atoms. The number of aryl methyl sites for hydroxylation is 1. The molecule has 7 heteroatoms. The molecule has 1 saturated heterocycles. The fourth-order valence-corrected chi connectivity index (χ4v) is 4.08. The number of thiazole rings is 1. The van der Waals surface area contributed by atoms with Gasteiger partial charge in [0.2, 0.25) is 0 Å². The van der Waals surface area contributed by atoms with E-state index < -0.39 is 0 Å². The summed E-state index contributed by atoms with van der Waals surface area (Å²) >= 11 is 3.12. The lowest BCUT2D eigenvalue weighted by Crippen LogP contribution is -2.20. The lowest BCUT2D eigenvalue weighted by molar-refractivity contribution is 0.161. The molecule has 0 spiro atoms. The van der Waals surface area contributed by atoms with Crippen molar-refractivity contribution < 1.29 is 4.74 Å². The molecule has 2 N–H and O–H groups in total. The zero-order chi connectivity index (χ0) is 14.1. The van der Waals surface area contributed by atoms with Crippen molar-refractivity contribution in [3.8, 4) is 11.3 Å². The molecule has 3 rings (SSSR count). The largest absolute Gasteiger partial charge is 0.384 e. The summed E-state index contributed by atoms with van der Waals surface area (Å²) in [5.74, 6) is 1.18. The molecular weight excluding hydrogens is 292 g/mol. The minimum absolute atomic E-state index is 0.588. The Morgan fingerprint density at radius 3 is 3.10 bits per heavy atom. The van der Waals surface area contributed by atoms with Gasteiger partial charge in [0.25, 0.3) is 0 Å². The minimum atomic E-state index is 0.588. The molecule has 108 valence electrons. The van der Waals surface area contributed by atoms with Gasteiger partial charge < -0.3 is 15.4 Å². The summed E-state index contributed by atoms with van der Waals surface area (Å²) in [6, 6.07) is 0. The highest BCUT2D eigenvalue weighted by atomic mass is 32.1. The van der Waals surface area contributed by atoms with Gasteiger partial charge in [-0.15, -0.1) is 11.3 Å². The van der Waals surface area contributed by atoms with Gasteiger partial charge in [-0.25, -0.2) is 4.98 Å². The van der Waals surface area contributed by atoms with Crippen LogP contribution in [0.5, 0.6) is 0 Å². The summed E-state index contributed by atoms with van der Waals surface area (Å²) in [4.78, 5) is 6.92. The topological polar surface area (TPSA) is 64.3 Å². The highest BCUT2D eigenvalue weighted by molar-refractivity contribution is 7.11. The van der Waals surface area contributed by atoms with Crippen molar-refractivity contribution in [1.82, 2.24) is 9.36 Å². The maximum Gasteiger partial charge on any atom is 0.148 e. The number of nitrogen functional groups attached to an aromatic ring is 1. The van der Waals surface area contributed by atoms with Crippen LogP contribution in [0.3, 0.4) is 0 Å². The molecule has 1 aliphatic heterocycles. The zero-order valence-electron chi connectivity index (χ0n) is 11.6. The highest BCUT2D eigenvalue weighted by Crippen LogP contribution is 2.41. The summed E-state index contributed by atoms with van der Waals surface area (Å²) < 4.78 is 9.59. The Morgan fingerprint density at radius 1 is 1.55 bits per heavy atom. The first kappa shape index (κ1) is 13.8. The van der Waals surface area contributed by atoms with Crippen LogP contribution in [0.15, 0.2) is 5.38 Å². The summed E-state index contributed by atoms with van der Waals surface area (Å²) in [6.07, 6.45) is 1.15. The standard InChI is InChI=1S/C13H18N4OS2/c1-8-15-10(7-19-8)11-12(14)16-20-13(11)17-4-3-9(5-17)6-18-2/h7,9H,3-6H2,1-2H3,(H2,14,16). The minimum Gasteiger partial charge on any atom is -0.384 e. The molecule has 1 atom stereocenters. The number of rotatable bonds is 4. The predicted molar refractivity (Wildman–Crippen MR) is 84.6 cm³/mol. The maximum absolute atomic E-state index is 6.06. The van der Waals surface area contributed by atoms with Crippen molar-refractivity contribution >= 4 is 33.7 Å². The molecule has 0 aromatic carbocycles. The van der Waals surface area contributed by atoms with Gasteiger partial charge in [-0.2, -0.15) is 4.37 Å². The second kappa shape index (κ2) is 5.67. The Labute approximate surface area is 126 Å². The fourth-order valence-electron chi connectivity index (χ4n) is 2.62. The van der Waals surface area contributed by atoms with Gasteiger partial charge in [0.15, 0.2) is 0 Å². The van der Waals surface area contributed by atoms with E-state index in [-0.39, 0.29) is 0 Å². The van der Waals surface area contributed by atoms with Crippen LogP contribution in [0.1, 0.15) is 11.4 Å². The first-order chi connectivity index (χ1) is 9.69. The molecule has 3 heterocycles. The maximum atomic E-state index is 6.06. The summed E-state index contributed by atoms with van der Waals surface area (Å²) in [6.45, 7) is 4.86. The van der Waals surface area contributed by atoms with Crippen molar-refractivity contribution in [2.45, 2.75) is 13.3 Å². The number of methoxy groups -OCH3 is 1. The number of ether oxygens (including phenoxy) is 1. The number of anilines is 2. The van der Waals surface area contributed by atoms with E-state index in [0.717, 1.165) is 47.4 Å². The van der Waals surface area contributed by atoms with Gasteiger partial charge >= 0.3 is 0 Å². The second-order valence-electron chi connectivity index (χ2n) is 5.06. The van der Waals surface area contributed by atoms with E-state index in [0.29, 0.717) is 11.7 Å². The summed E-state index contributed by atoms with van der Waals surface area (Å²) in [5, 5.41) is 4.25. The third-order valence-electron chi connectivity index (χ3n) is 3.55. The van der Waals surface area contributed by atoms with Crippen LogP contribution >= 0.6 is 22.9 Å². The van der Waals surface area contributed by atoms with E-state index in [1.807, 2.05) is 6.92 Å². The number of aromatic nitrogens is 2. The molecule has 0 saturated carbocycles. The third-order valence-corrected chi connectivity index (χ3v) is 5.25. The molecule has 0 amide bonds. The van der Waals surface area contributed by atoms with E-state index in [1.54, 1.807) is 18.4 Å². The zero-order valence-corrected chi connectivity index (χ0v) is 13.3. The van der Waals surface area contributed by atoms with Crippen LogP contribution in [0, 0.1) is 12.8 Å². The Kier molecular flexibility index (Phi) is 3.91. The van der Waals surface area contributed by atoms with Crippen LogP contribution in [0.2, 0.25) is 0 Å². The molecule has 0 aliphatic carbocycles. The van der Waals surface area contributed by atoms with Crippen molar-refractivity contribution in [3.05, 3.63) is 10.4 Å². The highest BCUT2D eigenvalue weighted by Gasteiger charge is 2.28. The molecule has 2 aromatic heterocycles. The number of hydrogen-bond donors (Lipinski definition) is 1. The Balaban J connectivity index is 1.88. The molecule has 1 fully saturated rings. The van der Waals surface area contributed by atoms with Gasteiger partial charge in [-0.3, -0.25) is 0 Å². The van der Waals surface area contributed by atoms with Crippen molar-refractivity contribution in [1.29, 1.82) is 0 Å². The second-order valence-corrected chi connectivity index (χ2v) is 6.87. The predicted octanol–water partition coefficient (Wildman–Crippen LogP) is 2.63. The Hall–Kier alpha value is -1.18. The van der Waals surface area contributed by atoms with Crippen LogP contribution in [-0.2, 0) is 4.74 Å². The SMILES string of the molecule is COCC1CCN(c2snc(N)c2-c2csc(C)n2)C1. The number of nitrogens with two attached hydrogens (primary N) is 1. The number of nitrogens with zero attached hydrogens (tertiary/aromatic N) is 3. The van der Waals surface area contributed by atoms with Crippen LogP contribution in [0.25, 0.3) is 11.3 Å².